The van der Waals surface area contributed by atoms with Crippen LogP contribution in [-0.2, 0) is 16.1 Å². The van der Waals surface area contributed by atoms with Crippen molar-refractivity contribution in [2.75, 3.05) is 6.54 Å². The van der Waals surface area contributed by atoms with E-state index in [2.05, 4.69) is 24.0 Å². The predicted molar refractivity (Wildman–Crippen MR) is 112 cm³/mol. The van der Waals surface area contributed by atoms with Crippen LogP contribution in [0.15, 0.2) is 48.8 Å². The smallest absolute Gasteiger partial charge is 0.228 e. The van der Waals surface area contributed by atoms with Gasteiger partial charge in [-0.2, -0.15) is 0 Å². The van der Waals surface area contributed by atoms with E-state index in [-0.39, 0.29) is 23.8 Å². The van der Waals surface area contributed by atoms with Crippen LogP contribution in [0.1, 0.15) is 55.3 Å². The van der Waals surface area contributed by atoms with E-state index in [0.29, 0.717) is 32.0 Å². The van der Waals surface area contributed by atoms with E-state index >= 15 is 0 Å². The first-order valence-electron chi connectivity index (χ1n) is 10.6. The number of hydrogen-bond donors (Lipinski definition) is 0. The van der Waals surface area contributed by atoms with Gasteiger partial charge < -0.3 is 9.80 Å². The Morgan fingerprint density at radius 1 is 1.17 bits per heavy atom. The average molecular weight is 392 g/mol. The molecule has 29 heavy (non-hydrogen) atoms. The minimum atomic E-state index is -0.203. The average Bonchev–Trinajstić information content (AvgIpc) is 3.58. The number of pyridine rings is 1. The summed E-state index contributed by atoms with van der Waals surface area (Å²) in [7, 11) is 0. The molecule has 0 spiro atoms. The minimum absolute atomic E-state index is 0.148. The molecule has 0 N–H and O–H groups in total. The third kappa shape index (κ3) is 4.04. The van der Waals surface area contributed by atoms with Crippen molar-refractivity contribution in [1.82, 2.24) is 14.8 Å². The molecule has 2 aromatic rings. The summed E-state index contributed by atoms with van der Waals surface area (Å²) in [6, 6.07) is 12.2. The molecule has 1 aromatic heterocycles. The Labute approximate surface area is 172 Å². The van der Waals surface area contributed by atoms with Gasteiger partial charge in [0.15, 0.2) is 0 Å². The zero-order valence-electron chi connectivity index (χ0n) is 17.3. The van der Waals surface area contributed by atoms with Crippen LogP contribution in [0, 0.1) is 12.8 Å². The van der Waals surface area contributed by atoms with E-state index < -0.39 is 0 Å². The highest BCUT2D eigenvalue weighted by Crippen LogP contribution is 2.41. The van der Waals surface area contributed by atoms with Gasteiger partial charge in [0, 0.05) is 37.9 Å². The van der Waals surface area contributed by atoms with Crippen LogP contribution in [0.5, 0.6) is 0 Å². The van der Waals surface area contributed by atoms with Crippen molar-refractivity contribution in [3.63, 3.8) is 0 Å². The molecule has 2 heterocycles. The monoisotopic (exact) mass is 391 g/mol. The molecule has 0 unspecified atom stereocenters. The summed E-state index contributed by atoms with van der Waals surface area (Å²) in [5.41, 5.74) is 3.28. The summed E-state index contributed by atoms with van der Waals surface area (Å²) in [6.45, 7) is 5.28. The maximum Gasteiger partial charge on any atom is 0.228 e. The van der Waals surface area contributed by atoms with Gasteiger partial charge in [-0.15, -0.1) is 0 Å². The van der Waals surface area contributed by atoms with Gasteiger partial charge in [0.05, 0.1) is 12.0 Å². The van der Waals surface area contributed by atoms with Crippen LogP contribution in [0.2, 0.25) is 0 Å². The molecular weight excluding hydrogens is 362 g/mol. The fourth-order valence-corrected chi connectivity index (χ4v) is 4.56. The number of aromatic nitrogens is 1. The third-order valence-corrected chi connectivity index (χ3v) is 6.22. The lowest BCUT2D eigenvalue weighted by atomic mass is 9.81. The Hall–Kier alpha value is -2.69. The Morgan fingerprint density at radius 3 is 2.62 bits per heavy atom. The first-order valence-corrected chi connectivity index (χ1v) is 10.6. The number of hydrogen-bond acceptors (Lipinski definition) is 3. The van der Waals surface area contributed by atoms with Gasteiger partial charge in [-0.25, -0.2) is 0 Å². The molecule has 5 nitrogen and oxygen atoms in total. The normalized spacial score (nSPS) is 21.9. The first-order chi connectivity index (χ1) is 14.1. The van der Waals surface area contributed by atoms with Crippen molar-refractivity contribution < 1.29 is 9.59 Å². The second-order valence-electron chi connectivity index (χ2n) is 8.18. The molecule has 2 aliphatic rings. The fourth-order valence-electron chi connectivity index (χ4n) is 4.56. The van der Waals surface area contributed by atoms with Crippen LogP contribution in [0.4, 0.5) is 0 Å². The van der Waals surface area contributed by atoms with Crippen molar-refractivity contribution >= 4 is 11.8 Å². The summed E-state index contributed by atoms with van der Waals surface area (Å²) in [5, 5.41) is 0. The number of piperidine rings is 1. The molecule has 2 amide bonds. The highest BCUT2D eigenvalue weighted by molar-refractivity contribution is 5.85. The maximum absolute atomic E-state index is 13.8. The van der Waals surface area contributed by atoms with Gasteiger partial charge in [-0.3, -0.25) is 14.6 Å². The Kier molecular flexibility index (Phi) is 5.65. The van der Waals surface area contributed by atoms with Crippen molar-refractivity contribution in [1.29, 1.82) is 0 Å². The SMILES string of the molecule is CCN1C(=O)CC[C@@H](C(=O)N(Cc2cccnc2)C2CC2)[C@@H]1c1ccccc1C. The highest BCUT2D eigenvalue weighted by Gasteiger charge is 2.44. The summed E-state index contributed by atoms with van der Waals surface area (Å²) in [6.07, 6.45) is 6.77. The van der Waals surface area contributed by atoms with Crippen molar-refractivity contribution in [3.05, 3.63) is 65.5 Å². The molecule has 0 radical (unpaired) electrons. The summed E-state index contributed by atoms with van der Waals surface area (Å²) in [5.74, 6) is 0.122. The van der Waals surface area contributed by atoms with Gasteiger partial charge in [-0.05, 0) is 55.9 Å². The number of carbonyl (C=O) groups is 2. The molecule has 1 saturated carbocycles. The standard InChI is InChI=1S/C24H29N3O2/c1-3-26-22(28)13-12-21(23(26)20-9-5-4-7-17(20)2)24(29)27(19-10-11-19)16-18-8-6-14-25-15-18/h4-9,14-15,19,21,23H,3,10-13,16H2,1-2H3/t21-,23+/m1/s1. The molecule has 0 bridgehead atoms. The van der Waals surface area contributed by atoms with Crippen molar-refractivity contribution in [3.8, 4) is 0 Å². The van der Waals surface area contributed by atoms with Gasteiger partial charge in [0.25, 0.3) is 0 Å². The number of aryl methyl sites for hydroxylation is 1. The van der Waals surface area contributed by atoms with Crippen LogP contribution < -0.4 is 0 Å². The predicted octanol–water partition coefficient (Wildman–Crippen LogP) is 3.88. The van der Waals surface area contributed by atoms with Gasteiger partial charge in [0.1, 0.15) is 0 Å². The van der Waals surface area contributed by atoms with Crippen LogP contribution >= 0.6 is 0 Å². The van der Waals surface area contributed by atoms with Crippen molar-refractivity contribution in [2.24, 2.45) is 5.92 Å². The molecule has 152 valence electrons. The molecule has 4 rings (SSSR count). The number of benzene rings is 1. The Balaban J connectivity index is 1.67. The molecule has 1 aliphatic carbocycles. The maximum atomic E-state index is 13.8. The van der Waals surface area contributed by atoms with Gasteiger partial charge in [-0.1, -0.05) is 30.3 Å². The lowest BCUT2D eigenvalue weighted by Gasteiger charge is -2.42. The Morgan fingerprint density at radius 2 is 1.97 bits per heavy atom. The van der Waals surface area contributed by atoms with E-state index in [0.717, 1.165) is 29.5 Å². The quantitative estimate of drug-likeness (QED) is 0.751. The lowest BCUT2D eigenvalue weighted by molar-refractivity contribution is -0.148. The van der Waals surface area contributed by atoms with E-state index in [4.69, 9.17) is 0 Å². The molecule has 2 atom stereocenters. The molecule has 1 aromatic carbocycles. The van der Waals surface area contributed by atoms with E-state index in [1.165, 1.54) is 0 Å². The van der Waals surface area contributed by atoms with E-state index in [9.17, 15) is 9.59 Å². The number of nitrogens with zero attached hydrogens (tertiary/aromatic N) is 3. The first kappa shape index (κ1) is 19.6. The van der Waals surface area contributed by atoms with E-state index in [1.54, 1.807) is 6.20 Å². The molecular formula is C24H29N3O2. The van der Waals surface area contributed by atoms with Gasteiger partial charge in [0.2, 0.25) is 11.8 Å². The second kappa shape index (κ2) is 8.36. The largest absolute Gasteiger partial charge is 0.335 e. The zero-order valence-corrected chi connectivity index (χ0v) is 17.3. The van der Waals surface area contributed by atoms with Crippen LogP contribution in [0.3, 0.4) is 0 Å². The van der Waals surface area contributed by atoms with Gasteiger partial charge >= 0.3 is 0 Å². The fraction of sp³-hybridized carbons (Fsp3) is 0.458. The Bertz CT molecular complexity index is 879. The number of amides is 2. The van der Waals surface area contributed by atoms with Crippen molar-refractivity contribution in [2.45, 2.75) is 58.2 Å². The van der Waals surface area contributed by atoms with Crippen LogP contribution in [-0.4, -0.2) is 39.2 Å². The molecule has 1 aliphatic heterocycles. The summed E-state index contributed by atoms with van der Waals surface area (Å²) >= 11 is 0. The zero-order chi connectivity index (χ0) is 20.4. The van der Waals surface area contributed by atoms with Crippen LogP contribution in [0.25, 0.3) is 0 Å². The minimum Gasteiger partial charge on any atom is -0.335 e. The number of likely N-dealkylation sites (tertiary alicyclic amines) is 1. The highest BCUT2D eigenvalue weighted by atomic mass is 16.2. The summed E-state index contributed by atoms with van der Waals surface area (Å²) < 4.78 is 0. The third-order valence-electron chi connectivity index (χ3n) is 6.22. The molecule has 5 heteroatoms. The topological polar surface area (TPSA) is 53.5 Å². The number of rotatable bonds is 6. The number of carbonyl (C=O) groups excluding carboxylic acids is 2. The lowest BCUT2D eigenvalue weighted by Crippen LogP contribution is -2.49. The van der Waals surface area contributed by atoms with E-state index in [1.807, 2.05) is 47.2 Å². The summed E-state index contributed by atoms with van der Waals surface area (Å²) in [4.78, 5) is 34.7. The molecule has 2 fully saturated rings. The molecule has 1 saturated heterocycles. The second-order valence-corrected chi connectivity index (χ2v) is 8.18.